The number of halogens is 1. The zero-order valence-electron chi connectivity index (χ0n) is 16.2. The van der Waals surface area contributed by atoms with Crippen molar-refractivity contribution in [3.8, 4) is 0 Å². The Labute approximate surface area is 168 Å². The van der Waals surface area contributed by atoms with E-state index in [0.717, 1.165) is 10.9 Å². The predicted molar refractivity (Wildman–Crippen MR) is 109 cm³/mol. The molecule has 1 aromatic heterocycles. The molecule has 1 unspecified atom stereocenters. The molecule has 0 saturated carbocycles. The molecular weight excluding hydrogens is 371 g/mol. The summed E-state index contributed by atoms with van der Waals surface area (Å²) < 4.78 is 18.5. The Balaban J connectivity index is 1.57. The van der Waals surface area contributed by atoms with Gasteiger partial charge in [0.05, 0.1) is 11.2 Å². The van der Waals surface area contributed by atoms with Crippen LogP contribution in [-0.2, 0) is 20.9 Å². The lowest BCUT2D eigenvalue weighted by Crippen LogP contribution is -2.36. The van der Waals surface area contributed by atoms with E-state index in [0.29, 0.717) is 11.3 Å². The maximum atomic E-state index is 13.3. The Morgan fingerprint density at radius 3 is 2.72 bits per heavy atom. The third-order valence-corrected chi connectivity index (χ3v) is 4.34. The van der Waals surface area contributed by atoms with Crippen LogP contribution in [0.25, 0.3) is 17.0 Å². The van der Waals surface area contributed by atoms with E-state index in [-0.39, 0.29) is 18.3 Å². The summed E-state index contributed by atoms with van der Waals surface area (Å²) in [6, 6.07) is 17.4. The van der Waals surface area contributed by atoms with Crippen LogP contribution in [0.15, 0.2) is 66.7 Å². The number of likely N-dealkylation sites (N-methyl/N-ethyl adjacent to an activating group) is 1. The Bertz CT molecular complexity index is 1060. The first-order valence-corrected chi connectivity index (χ1v) is 9.16. The van der Waals surface area contributed by atoms with Crippen molar-refractivity contribution in [1.82, 2.24) is 9.88 Å². The first-order valence-electron chi connectivity index (χ1n) is 9.16. The number of hydrogen-bond donors (Lipinski definition) is 0. The average Bonchev–Trinajstić information content (AvgIpc) is 2.71. The lowest BCUT2D eigenvalue weighted by Gasteiger charge is -2.21. The fraction of sp³-hybridized carbons (Fsp3) is 0.174. The van der Waals surface area contributed by atoms with Gasteiger partial charge >= 0.3 is 5.97 Å². The van der Waals surface area contributed by atoms with Crippen molar-refractivity contribution in [2.75, 3.05) is 7.05 Å². The van der Waals surface area contributed by atoms with Crippen LogP contribution in [0.4, 0.5) is 4.39 Å². The Morgan fingerprint density at radius 2 is 1.93 bits per heavy atom. The van der Waals surface area contributed by atoms with Crippen LogP contribution in [-0.4, -0.2) is 34.9 Å². The second-order valence-corrected chi connectivity index (χ2v) is 6.67. The number of ether oxygens (including phenoxy) is 1. The number of pyridine rings is 1. The van der Waals surface area contributed by atoms with Gasteiger partial charge in [-0.3, -0.25) is 4.79 Å². The maximum Gasteiger partial charge on any atom is 0.331 e. The first kappa shape index (κ1) is 20.2. The second kappa shape index (κ2) is 9.10. The van der Waals surface area contributed by atoms with Gasteiger partial charge in [-0.05, 0) is 42.8 Å². The topological polar surface area (TPSA) is 59.5 Å². The van der Waals surface area contributed by atoms with Crippen LogP contribution in [0, 0.1) is 5.82 Å². The largest absolute Gasteiger partial charge is 0.449 e. The predicted octanol–water partition coefficient (Wildman–Crippen LogP) is 3.98. The third-order valence-electron chi connectivity index (χ3n) is 4.34. The molecule has 0 N–H and O–H groups in total. The van der Waals surface area contributed by atoms with E-state index in [1.54, 1.807) is 31.3 Å². The summed E-state index contributed by atoms with van der Waals surface area (Å²) in [6.07, 6.45) is 1.82. The SMILES string of the molecule is CC(OC(=O)C=Cc1ccc2ccccc2n1)C(=O)N(C)Cc1cccc(F)c1. The van der Waals surface area contributed by atoms with Gasteiger partial charge in [-0.15, -0.1) is 0 Å². The number of rotatable bonds is 6. The van der Waals surface area contributed by atoms with Gasteiger partial charge in [0.25, 0.3) is 5.91 Å². The van der Waals surface area contributed by atoms with Crippen molar-refractivity contribution in [3.05, 3.63) is 83.8 Å². The van der Waals surface area contributed by atoms with Crippen LogP contribution >= 0.6 is 0 Å². The highest BCUT2D eigenvalue weighted by molar-refractivity contribution is 5.90. The highest BCUT2D eigenvalue weighted by Crippen LogP contribution is 2.13. The monoisotopic (exact) mass is 392 g/mol. The molecule has 3 rings (SSSR count). The summed E-state index contributed by atoms with van der Waals surface area (Å²) in [7, 11) is 1.58. The van der Waals surface area contributed by atoms with Gasteiger partial charge in [0.1, 0.15) is 5.82 Å². The molecule has 2 aromatic carbocycles. The molecule has 0 aliphatic heterocycles. The molecule has 29 heavy (non-hydrogen) atoms. The summed E-state index contributed by atoms with van der Waals surface area (Å²) in [5.41, 5.74) is 2.09. The summed E-state index contributed by atoms with van der Waals surface area (Å²) in [4.78, 5) is 30.3. The minimum Gasteiger partial charge on any atom is -0.449 e. The number of hydrogen-bond acceptors (Lipinski definition) is 4. The van der Waals surface area contributed by atoms with Crippen LogP contribution in [0.2, 0.25) is 0 Å². The number of fused-ring (bicyclic) bond motifs is 1. The number of carbonyl (C=O) groups is 2. The summed E-state index contributed by atoms with van der Waals surface area (Å²) >= 11 is 0. The average molecular weight is 392 g/mol. The molecule has 1 atom stereocenters. The Kier molecular flexibility index (Phi) is 6.34. The molecule has 6 heteroatoms. The van der Waals surface area contributed by atoms with Crippen LogP contribution in [0.3, 0.4) is 0 Å². The highest BCUT2D eigenvalue weighted by Gasteiger charge is 2.20. The smallest absolute Gasteiger partial charge is 0.331 e. The first-order chi connectivity index (χ1) is 13.9. The van der Waals surface area contributed by atoms with E-state index in [4.69, 9.17) is 4.74 Å². The number of para-hydroxylation sites is 1. The number of carbonyl (C=O) groups excluding carboxylic acids is 2. The van der Waals surface area contributed by atoms with Gasteiger partial charge in [0, 0.05) is 25.1 Å². The fourth-order valence-electron chi connectivity index (χ4n) is 2.89. The van der Waals surface area contributed by atoms with Gasteiger partial charge in [0.15, 0.2) is 6.10 Å². The molecule has 0 spiro atoms. The molecule has 0 saturated heterocycles. The molecule has 1 amide bonds. The molecular formula is C23H21FN2O3. The molecule has 3 aromatic rings. The lowest BCUT2D eigenvalue weighted by molar-refractivity contribution is -0.154. The van der Waals surface area contributed by atoms with Gasteiger partial charge in [-0.2, -0.15) is 0 Å². The van der Waals surface area contributed by atoms with Gasteiger partial charge < -0.3 is 9.64 Å². The van der Waals surface area contributed by atoms with E-state index in [9.17, 15) is 14.0 Å². The summed E-state index contributed by atoms with van der Waals surface area (Å²) in [5.74, 6) is -1.38. The van der Waals surface area contributed by atoms with Crippen molar-refractivity contribution in [2.24, 2.45) is 0 Å². The lowest BCUT2D eigenvalue weighted by atomic mass is 10.2. The van der Waals surface area contributed by atoms with E-state index >= 15 is 0 Å². The second-order valence-electron chi connectivity index (χ2n) is 6.67. The number of esters is 1. The Hall–Kier alpha value is -3.54. The zero-order chi connectivity index (χ0) is 20.8. The van der Waals surface area contributed by atoms with Crippen LogP contribution in [0.1, 0.15) is 18.2 Å². The Morgan fingerprint density at radius 1 is 1.14 bits per heavy atom. The highest BCUT2D eigenvalue weighted by atomic mass is 19.1. The van der Waals surface area contributed by atoms with E-state index in [1.807, 2.05) is 30.3 Å². The fourth-order valence-corrected chi connectivity index (χ4v) is 2.89. The number of benzene rings is 2. The van der Waals surface area contributed by atoms with Crippen molar-refractivity contribution < 1.29 is 18.7 Å². The van der Waals surface area contributed by atoms with Crippen molar-refractivity contribution in [3.63, 3.8) is 0 Å². The minimum atomic E-state index is -0.963. The quantitative estimate of drug-likeness (QED) is 0.470. The van der Waals surface area contributed by atoms with Crippen LogP contribution in [0.5, 0.6) is 0 Å². The summed E-state index contributed by atoms with van der Waals surface area (Å²) in [5, 5.41) is 1.01. The number of nitrogens with zero attached hydrogens (tertiary/aromatic N) is 2. The molecule has 0 fully saturated rings. The molecule has 148 valence electrons. The molecule has 0 aliphatic rings. The van der Waals surface area contributed by atoms with E-state index in [1.165, 1.54) is 30.0 Å². The van der Waals surface area contributed by atoms with Crippen molar-refractivity contribution in [1.29, 1.82) is 0 Å². The van der Waals surface area contributed by atoms with Crippen molar-refractivity contribution >= 4 is 28.9 Å². The zero-order valence-corrected chi connectivity index (χ0v) is 16.2. The number of amides is 1. The van der Waals surface area contributed by atoms with Gasteiger partial charge in [-0.1, -0.05) is 36.4 Å². The van der Waals surface area contributed by atoms with E-state index < -0.39 is 12.1 Å². The van der Waals surface area contributed by atoms with Crippen LogP contribution < -0.4 is 0 Å². The standard InChI is InChI=1S/C23H21FN2O3/c1-16(23(28)26(2)15-17-6-5-8-19(24)14-17)29-22(27)13-12-20-11-10-18-7-3-4-9-21(18)25-20/h3-14,16H,15H2,1-2H3. The summed E-state index contributed by atoms with van der Waals surface area (Å²) in [6.45, 7) is 1.72. The van der Waals surface area contributed by atoms with Crippen molar-refractivity contribution in [2.45, 2.75) is 19.6 Å². The van der Waals surface area contributed by atoms with Gasteiger partial charge in [-0.25, -0.2) is 14.2 Å². The number of aromatic nitrogens is 1. The third kappa shape index (κ3) is 5.48. The normalized spacial score (nSPS) is 12.1. The maximum absolute atomic E-state index is 13.3. The minimum absolute atomic E-state index is 0.218. The molecule has 0 radical (unpaired) electrons. The molecule has 5 nitrogen and oxygen atoms in total. The molecule has 1 heterocycles. The van der Waals surface area contributed by atoms with Gasteiger partial charge in [0.2, 0.25) is 0 Å². The molecule has 0 bridgehead atoms. The van der Waals surface area contributed by atoms with E-state index in [2.05, 4.69) is 4.98 Å². The molecule has 0 aliphatic carbocycles.